The van der Waals surface area contributed by atoms with Crippen LogP contribution in [0, 0.1) is 13.8 Å². The summed E-state index contributed by atoms with van der Waals surface area (Å²) in [4.78, 5) is 22.6. The number of nitrogens with zero attached hydrogens (tertiary/aromatic N) is 2. The molecule has 0 amide bonds. The number of pyridine rings is 2. The molecule has 0 aliphatic rings. The molecular weight excluding hydrogens is 296 g/mol. The fraction of sp³-hybridized carbons (Fsp3) is 0.412. The van der Waals surface area contributed by atoms with Gasteiger partial charge in [-0.2, -0.15) is 0 Å². The average Bonchev–Trinajstić information content (AvgIpc) is 2.54. The zero-order valence-electron chi connectivity index (χ0n) is 13.5. The predicted molar refractivity (Wildman–Crippen MR) is 88.1 cm³/mol. The third-order valence-corrected chi connectivity index (χ3v) is 4.12. The van der Waals surface area contributed by atoms with Crippen molar-refractivity contribution in [1.29, 1.82) is 0 Å². The van der Waals surface area contributed by atoms with Crippen LogP contribution in [-0.4, -0.2) is 19.3 Å². The first kappa shape index (κ1) is 16.9. The third kappa shape index (κ3) is 3.83. The summed E-state index contributed by atoms with van der Waals surface area (Å²) in [7, 11) is 0. The van der Waals surface area contributed by atoms with Crippen LogP contribution in [0.1, 0.15) is 30.7 Å². The first-order valence-electron chi connectivity index (χ1n) is 7.70. The summed E-state index contributed by atoms with van der Waals surface area (Å²) < 4.78 is 3.74. The maximum atomic E-state index is 11.3. The van der Waals surface area contributed by atoms with Crippen molar-refractivity contribution in [3.05, 3.63) is 56.4 Å². The van der Waals surface area contributed by atoms with Gasteiger partial charge in [0.2, 0.25) is 10.9 Å². The van der Waals surface area contributed by atoms with E-state index in [-0.39, 0.29) is 22.4 Å². The van der Waals surface area contributed by atoms with Crippen LogP contribution in [0.2, 0.25) is 0 Å². The number of aromatic nitrogens is 2. The van der Waals surface area contributed by atoms with Crippen molar-refractivity contribution >= 4 is 0 Å². The van der Waals surface area contributed by atoms with Crippen LogP contribution in [0.4, 0.5) is 0 Å². The Hall–Kier alpha value is -2.50. The Bertz CT molecular complexity index is 738. The maximum Gasteiger partial charge on any atom is 0.223 e. The second kappa shape index (κ2) is 7.17. The lowest BCUT2D eigenvalue weighted by molar-refractivity contribution is 0.444. The standard InChI is InChI=1S/C17H22N2O4/c1-12-16(22)14(20)6-10-18(12)8-4-3-5-9-19-11-7-15(21)17(23)13(19)2/h6-7,10-11,22-23H,3-5,8-9H2,1-2H3. The fourth-order valence-electron chi connectivity index (χ4n) is 2.55. The predicted octanol–water partition coefficient (Wildman–Crippen LogP) is 1.91. The molecule has 0 aromatic carbocycles. The Labute approximate surface area is 134 Å². The van der Waals surface area contributed by atoms with E-state index in [1.807, 2.05) is 9.13 Å². The Morgan fingerprint density at radius 1 is 0.783 bits per heavy atom. The Morgan fingerprint density at radius 2 is 1.17 bits per heavy atom. The molecule has 0 fully saturated rings. The van der Waals surface area contributed by atoms with Crippen LogP contribution in [0.25, 0.3) is 0 Å². The Morgan fingerprint density at radius 3 is 1.57 bits per heavy atom. The zero-order chi connectivity index (χ0) is 17.0. The number of unbranched alkanes of at least 4 members (excludes halogenated alkanes) is 2. The second-order valence-corrected chi connectivity index (χ2v) is 5.68. The summed E-state index contributed by atoms with van der Waals surface area (Å²) in [5, 5.41) is 19.3. The number of aromatic hydroxyl groups is 2. The molecule has 0 aliphatic carbocycles. The molecule has 2 N–H and O–H groups in total. The van der Waals surface area contributed by atoms with Gasteiger partial charge in [-0.15, -0.1) is 0 Å². The Kier molecular flexibility index (Phi) is 5.26. The first-order chi connectivity index (χ1) is 10.9. The van der Waals surface area contributed by atoms with Crippen LogP contribution in [-0.2, 0) is 13.1 Å². The van der Waals surface area contributed by atoms with Crippen LogP contribution in [0.5, 0.6) is 11.5 Å². The van der Waals surface area contributed by atoms with E-state index >= 15 is 0 Å². The monoisotopic (exact) mass is 318 g/mol. The number of hydrogen-bond acceptors (Lipinski definition) is 4. The summed E-state index contributed by atoms with van der Waals surface area (Å²) in [6, 6.07) is 2.74. The Balaban J connectivity index is 1.85. The molecule has 0 atom stereocenters. The normalized spacial score (nSPS) is 10.9. The molecular formula is C17H22N2O4. The molecule has 0 bridgehead atoms. The molecule has 2 heterocycles. The van der Waals surface area contributed by atoms with E-state index in [9.17, 15) is 19.8 Å². The van der Waals surface area contributed by atoms with E-state index in [4.69, 9.17) is 0 Å². The summed E-state index contributed by atoms with van der Waals surface area (Å²) in [5.74, 6) is -0.376. The minimum absolute atomic E-state index is 0.188. The van der Waals surface area contributed by atoms with Crippen molar-refractivity contribution in [2.45, 2.75) is 46.2 Å². The van der Waals surface area contributed by atoms with Gasteiger partial charge < -0.3 is 19.3 Å². The van der Waals surface area contributed by atoms with Crippen LogP contribution in [0.3, 0.4) is 0 Å². The van der Waals surface area contributed by atoms with Crippen molar-refractivity contribution in [2.24, 2.45) is 0 Å². The number of aryl methyl sites for hydroxylation is 2. The molecule has 0 aliphatic heterocycles. The molecule has 2 aromatic heterocycles. The largest absolute Gasteiger partial charge is 0.503 e. The van der Waals surface area contributed by atoms with Gasteiger partial charge in [-0.3, -0.25) is 9.59 Å². The molecule has 0 radical (unpaired) electrons. The minimum atomic E-state index is -0.354. The van der Waals surface area contributed by atoms with Gasteiger partial charge in [0.1, 0.15) is 0 Å². The average molecular weight is 318 g/mol. The van der Waals surface area contributed by atoms with E-state index in [1.165, 1.54) is 12.1 Å². The van der Waals surface area contributed by atoms with Gasteiger partial charge in [0.25, 0.3) is 0 Å². The molecule has 2 rings (SSSR count). The lowest BCUT2D eigenvalue weighted by Crippen LogP contribution is -2.11. The molecule has 6 nitrogen and oxygen atoms in total. The van der Waals surface area contributed by atoms with Crippen molar-refractivity contribution in [2.75, 3.05) is 0 Å². The van der Waals surface area contributed by atoms with Crippen LogP contribution in [0.15, 0.2) is 34.1 Å². The van der Waals surface area contributed by atoms with E-state index in [2.05, 4.69) is 0 Å². The highest BCUT2D eigenvalue weighted by Crippen LogP contribution is 2.13. The van der Waals surface area contributed by atoms with E-state index in [0.29, 0.717) is 11.4 Å². The van der Waals surface area contributed by atoms with Gasteiger partial charge in [-0.1, -0.05) is 0 Å². The first-order valence-corrected chi connectivity index (χ1v) is 7.70. The van der Waals surface area contributed by atoms with Gasteiger partial charge >= 0.3 is 0 Å². The highest BCUT2D eigenvalue weighted by Gasteiger charge is 2.06. The summed E-state index contributed by atoms with van der Waals surface area (Å²) in [6.45, 7) is 4.91. The molecule has 6 heteroatoms. The van der Waals surface area contributed by atoms with Gasteiger partial charge in [0.05, 0.1) is 11.4 Å². The van der Waals surface area contributed by atoms with E-state index in [1.54, 1.807) is 26.2 Å². The highest BCUT2D eigenvalue weighted by molar-refractivity contribution is 5.25. The van der Waals surface area contributed by atoms with Crippen molar-refractivity contribution in [3.63, 3.8) is 0 Å². The lowest BCUT2D eigenvalue weighted by atomic mass is 10.2. The van der Waals surface area contributed by atoms with Crippen molar-refractivity contribution in [1.82, 2.24) is 9.13 Å². The van der Waals surface area contributed by atoms with Gasteiger partial charge in [-0.25, -0.2) is 0 Å². The molecule has 0 saturated carbocycles. The SMILES string of the molecule is Cc1c(O)c(=O)ccn1CCCCCn1ccc(=O)c(O)c1C. The number of rotatable bonds is 6. The summed E-state index contributed by atoms with van der Waals surface area (Å²) in [6.07, 6.45) is 6.17. The van der Waals surface area contributed by atoms with Gasteiger partial charge in [-0.05, 0) is 33.1 Å². The fourth-order valence-corrected chi connectivity index (χ4v) is 2.55. The quantitative estimate of drug-likeness (QED) is 0.797. The molecule has 23 heavy (non-hydrogen) atoms. The van der Waals surface area contributed by atoms with Gasteiger partial charge in [0, 0.05) is 37.6 Å². The maximum absolute atomic E-state index is 11.3. The van der Waals surface area contributed by atoms with Gasteiger partial charge in [0.15, 0.2) is 11.5 Å². The van der Waals surface area contributed by atoms with E-state index in [0.717, 1.165) is 32.4 Å². The topological polar surface area (TPSA) is 84.5 Å². The second-order valence-electron chi connectivity index (χ2n) is 5.68. The lowest BCUT2D eigenvalue weighted by Gasteiger charge is -2.13. The van der Waals surface area contributed by atoms with E-state index < -0.39 is 0 Å². The highest BCUT2D eigenvalue weighted by atomic mass is 16.3. The molecule has 0 unspecified atom stereocenters. The van der Waals surface area contributed by atoms with Crippen LogP contribution >= 0.6 is 0 Å². The zero-order valence-corrected chi connectivity index (χ0v) is 13.5. The number of hydrogen-bond donors (Lipinski definition) is 2. The smallest absolute Gasteiger partial charge is 0.223 e. The molecule has 0 spiro atoms. The van der Waals surface area contributed by atoms with Crippen molar-refractivity contribution < 1.29 is 10.2 Å². The third-order valence-electron chi connectivity index (χ3n) is 4.12. The molecule has 2 aromatic rings. The molecule has 124 valence electrons. The van der Waals surface area contributed by atoms with Crippen LogP contribution < -0.4 is 10.9 Å². The molecule has 0 saturated heterocycles. The van der Waals surface area contributed by atoms with Crippen molar-refractivity contribution in [3.8, 4) is 11.5 Å². The minimum Gasteiger partial charge on any atom is -0.503 e. The summed E-state index contributed by atoms with van der Waals surface area (Å²) >= 11 is 0. The summed E-state index contributed by atoms with van der Waals surface area (Å²) in [5.41, 5.74) is 0.455.